The third kappa shape index (κ3) is 10.7. The van der Waals surface area contributed by atoms with E-state index >= 15 is 0 Å². The van der Waals surface area contributed by atoms with Crippen LogP contribution in [-0.2, 0) is 7.05 Å². The lowest BCUT2D eigenvalue weighted by atomic mass is 10.3. The van der Waals surface area contributed by atoms with Gasteiger partial charge in [-0.25, -0.2) is 4.52 Å². The molecule has 86 valence electrons. The zero-order valence-corrected chi connectivity index (χ0v) is 8.68. The molecule has 0 radical (unpaired) electrons. The second kappa shape index (κ2) is 5.58. The zero-order valence-electron chi connectivity index (χ0n) is 8.68. The van der Waals surface area contributed by atoms with E-state index in [1.54, 1.807) is 4.74 Å². The van der Waals surface area contributed by atoms with Crippen LogP contribution in [0.4, 0.5) is 17.3 Å². The average molecular weight is 225 g/mol. The van der Waals surface area contributed by atoms with Crippen molar-refractivity contribution in [3.05, 3.63) is 23.6 Å². The Morgan fingerprint density at radius 2 is 1.80 bits per heavy atom. The van der Waals surface area contributed by atoms with Crippen LogP contribution in [0.2, 0.25) is 0 Å². The summed E-state index contributed by atoms with van der Waals surface area (Å²) in [5, 5.41) is 0. The fraction of sp³-hybridized carbons (Fsp3) is 0.375. The van der Waals surface area contributed by atoms with E-state index < -0.39 is 7.25 Å². The molecular weight excluding hydrogens is 213 g/mol. The maximum atomic E-state index is 9.75. The van der Waals surface area contributed by atoms with E-state index in [0.29, 0.717) is 0 Å². The number of hydrogen-bond acceptors (Lipinski definition) is 1. The average Bonchev–Trinajstić information content (AvgIpc) is 2.29. The van der Waals surface area contributed by atoms with Gasteiger partial charge in [0.2, 0.25) is 12.0 Å². The summed E-state index contributed by atoms with van der Waals surface area (Å²) < 4.78 is 45.9. The van der Waals surface area contributed by atoms with Crippen LogP contribution >= 0.6 is 0 Å². The lowest BCUT2D eigenvalue weighted by molar-refractivity contribution is -0.845. The van der Waals surface area contributed by atoms with Crippen molar-refractivity contribution in [2.24, 2.45) is 7.05 Å². The Kier molecular flexibility index (Phi) is 5.11. The van der Waals surface area contributed by atoms with Crippen molar-refractivity contribution in [1.29, 1.82) is 0 Å². The predicted molar refractivity (Wildman–Crippen MR) is 49.4 cm³/mol. The Hall–Kier alpha value is -1.27. The zero-order chi connectivity index (χ0) is 12.1. The lowest BCUT2D eigenvalue weighted by Gasteiger charge is -1.94. The number of nitrogens with zero attached hydrogens (tertiary/aromatic N) is 1. The normalized spacial score (nSPS) is 10.3. The number of hydrogen-bond donors (Lipinski definition) is 0. The van der Waals surface area contributed by atoms with E-state index in [1.165, 1.54) is 5.57 Å². The second-order valence-corrected chi connectivity index (χ2v) is 3.07. The van der Waals surface area contributed by atoms with Crippen LogP contribution in [0, 0.1) is 0 Å². The first-order valence-corrected chi connectivity index (χ1v) is 4.16. The van der Waals surface area contributed by atoms with Crippen molar-refractivity contribution in [2.75, 3.05) is 0 Å². The number of allylic oxidation sites excluding steroid dienone is 1. The van der Waals surface area contributed by atoms with Gasteiger partial charge in [0.15, 0.2) is 7.05 Å². The van der Waals surface area contributed by atoms with E-state index in [1.807, 2.05) is 39.2 Å². The summed E-state index contributed by atoms with van der Waals surface area (Å²) in [4.78, 5) is 0. The molecule has 0 bridgehead atoms. The summed E-state index contributed by atoms with van der Waals surface area (Å²) in [6.45, 7) is 4.09. The van der Waals surface area contributed by atoms with Gasteiger partial charge in [-0.05, 0) is 24.7 Å². The van der Waals surface area contributed by atoms with Gasteiger partial charge in [-0.2, -0.15) is 0 Å². The molecule has 0 atom stereocenters. The second-order valence-electron chi connectivity index (χ2n) is 3.07. The highest BCUT2D eigenvalue weighted by Gasteiger charge is 2.20. The number of rotatable bonds is 1. The third-order valence-electron chi connectivity index (χ3n) is 1.13. The molecule has 1 aromatic heterocycles. The third-order valence-corrected chi connectivity index (χ3v) is 1.13. The Balaban J connectivity index is 0.000000336. The molecular formula is C8H12BF4NO. The minimum atomic E-state index is -6.00. The Morgan fingerprint density at radius 3 is 2.07 bits per heavy atom. The fourth-order valence-electron chi connectivity index (χ4n) is 0.765. The first kappa shape index (κ1) is 13.7. The maximum Gasteiger partial charge on any atom is 0.673 e. The maximum absolute atomic E-state index is 9.75. The number of aromatic nitrogens is 1. The van der Waals surface area contributed by atoms with Gasteiger partial charge in [0, 0.05) is 0 Å². The van der Waals surface area contributed by atoms with Gasteiger partial charge in [-0.1, -0.05) is 5.57 Å². The molecule has 15 heavy (non-hydrogen) atoms. The topological polar surface area (TPSA) is 17.0 Å². The molecule has 1 rings (SSSR count). The summed E-state index contributed by atoms with van der Waals surface area (Å²) in [6.07, 6.45) is 3.88. The van der Waals surface area contributed by atoms with Gasteiger partial charge in [-0.3, -0.25) is 0 Å². The van der Waals surface area contributed by atoms with Crippen molar-refractivity contribution >= 4 is 13.3 Å². The fourth-order valence-corrected chi connectivity index (χ4v) is 0.765. The first-order valence-electron chi connectivity index (χ1n) is 4.16. The highest BCUT2D eigenvalue weighted by Crippen LogP contribution is 2.06. The van der Waals surface area contributed by atoms with E-state index in [4.69, 9.17) is 4.52 Å². The Labute approximate surface area is 85.3 Å². The largest absolute Gasteiger partial charge is 0.673 e. The highest BCUT2D eigenvalue weighted by atomic mass is 19.5. The predicted octanol–water partition coefficient (Wildman–Crippen LogP) is 2.83. The van der Waals surface area contributed by atoms with Gasteiger partial charge in [0.1, 0.15) is 0 Å². The molecule has 0 unspecified atom stereocenters. The summed E-state index contributed by atoms with van der Waals surface area (Å²) in [7, 11) is -4.14. The van der Waals surface area contributed by atoms with Crippen LogP contribution in [0.3, 0.4) is 0 Å². The van der Waals surface area contributed by atoms with Gasteiger partial charge < -0.3 is 17.3 Å². The highest BCUT2D eigenvalue weighted by molar-refractivity contribution is 6.50. The smallest absolute Gasteiger partial charge is 0.418 e. The quantitative estimate of drug-likeness (QED) is 0.408. The molecule has 0 saturated carbocycles. The van der Waals surface area contributed by atoms with Crippen molar-refractivity contribution in [2.45, 2.75) is 13.8 Å². The molecule has 1 aromatic rings. The molecule has 1 heterocycles. The molecule has 0 fully saturated rings. The van der Waals surface area contributed by atoms with E-state index in [0.717, 1.165) is 5.76 Å². The van der Waals surface area contributed by atoms with Crippen LogP contribution in [0.15, 0.2) is 22.4 Å². The van der Waals surface area contributed by atoms with Gasteiger partial charge in [-0.15, -0.1) is 0 Å². The molecule has 0 N–H and O–H groups in total. The molecule has 0 aliphatic rings. The molecule has 0 aliphatic carbocycles. The molecule has 2 nitrogen and oxygen atoms in total. The minimum Gasteiger partial charge on any atom is -0.418 e. The first-order chi connectivity index (χ1) is 6.68. The molecule has 7 heteroatoms. The lowest BCUT2D eigenvalue weighted by Crippen LogP contribution is -2.22. The van der Waals surface area contributed by atoms with Crippen LogP contribution in [0.1, 0.15) is 19.6 Å². The standard InChI is InChI=1S/C8H12NO.BF4/c1-7(2)6-8-4-5-9(3)10-8;2-1(3,4)5/h4-6H,1-3H3;/q+1;-1. The number of aryl methyl sites for hydroxylation is 1. The molecule has 0 spiro atoms. The summed E-state index contributed by atoms with van der Waals surface area (Å²) in [5.41, 5.74) is 1.25. The summed E-state index contributed by atoms with van der Waals surface area (Å²) >= 11 is 0. The Morgan fingerprint density at radius 1 is 1.33 bits per heavy atom. The van der Waals surface area contributed by atoms with Gasteiger partial charge in [0.25, 0.3) is 0 Å². The molecule has 0 aromatic carbocycles. The summed E-state index contributed by atoms with van der Waals surface area (Å²) in [5.74, 6) is 0.905. The van der Waals surface area contributed by atoms with Crippen molar-refractivity contribution < 1.29 is 26.5 Å². The van der Waals surface area contributed by atoms with Crippen LogP contribution < -0.4 is 4.74 Å². The van der Waals surface area contributed by atoms with E-state index in [-0.39, 0.29) is 0 Å². The molecule has 0 aliphatic heterocycles. The minimum absolute atomic E-state index is 0.905. The van der Waals surface area contributed by atoms with Crippen LogP contribution in [0.5, 0.6) is 0 Å². The Bertz CT molecular complexity index is 322. The van der Waals surface area contributed by atoms with Crippen molar-refractivity contribution in [1.82, 2.24) is 0 Å². The van der Waals surface area contributed by atoms with Crippen molar-refractivity contribution in [3.8, 4) is 0 Å². The summed E-state index contributed by atoms with van der Waals surface area (Å²) in [6, 6.07) is 1.94. The van der Waals surface area contributed by atoms with E-state index in [9.17, 15) is 17.3 Å². The van der Waals surface area contributed by atoms with Crippen LogP contribution in [0.25, 0.3) is 6.08 Å². The molecule has 0 amide bonds. The van der Waals surface area contributed by atoms with Gasteiger partial charge >= 0.3 is 7.25 Å². The SMILES string of the molecule is CC(C)=Cc1cc[n+](C)o1.F[B-](F)(F)F. The van der Waals surface area contributed by atoms with E-state index in [2.05, 4.69) is 0 Å². The van der Waals surface area contributed by atoms with Gasteiger partial charge in [0.05, 0.1) is 6.07 Å². The number of halogens is 4. The van der Waals surface area contributed by atoms with Crippen molar-refractivity contribution in [3.63, 3.8) is 0 Å². The molecule has 0 saturated heterocycles. The van der Waals surface area contributed by atoms with Crippen LogP contribution in [-0.4, -0.2) is 7.25 Å². The monoisotopic (exact) mass is 225 g/mol.